The molecule has 0 saturated carbocycles. The van der Waals surface area contributed by atoms with Crippen LogP contribution in [0.4, 0.5) is 0 Å². The van der Waals surface area contributed by atoms with Crippen LogP contribution in [0.25, 0.3) is 0 Å². The highest BCUT2D eigenvalue weighted by Crippen LogP contribution is 2.24. The molecule has 9 heteroatoms. The Morgan fingerprint density at radius 2 is 1.72 bits per heavy atom. The third-order valence-corrected chi connectivity index (χ3v) is 8.64. The van der Waals surface area contributed by atoms with Crippen LogP contribution >= 0.6 is 0 Å². The van der Waals surface area contributed by atoms with Crippen molar-refractivity contribution in [2.75, 3.05) is 52.9 Å². The van der Waals surface area contributed by atoms with Crippen molar-refractivity contribution in [3.05, 3.63) is 24.3 Å². The Morgan fingerprint density at radius 1 is 1.09 bits per heavy atom. The summed E-state index contributed by atoms with van der Waals surface area (Å²) in [7, 11) is -2.17. The maximum atomic E-state index is 13.5. The molecule has 2 atom stereocenters. The molecular formula is C23H38N4O4S. The molecular weight excluding hydrogens is 428 g/mol. The Bertz CT molecular complexity index is 830. The quantitative estimate of drug-likeness (QED) is 0.597. The molecule has 0 bridgehead atoms. The molecule has 2 aliphatic rings. The molecule has 1 amide bonds. The molecule has 2 aliphatic heterocycles. The Hall–Kier alpha value is -1.68. The molecule has 2 fully saturated rings. The number of rotatable bonds is 9. The Morgan fingerprint density at radius 3 is 2.31 bits per heavy atom. The van der Waals surface area contributed by atoms with Crippen molar-refractivity contribution >= 4 is 15.9 Å². The summed E-state index contributed by atoms with van der Waals surface area (Å²) in [5, 5.41) is 3.24. The van der Waals surface area contributed by atoms with E-state index in [1.807, 2.05) is 4.90 Å². The number of sulfonamides is 1. The molecule has 180 valence electrons. The summed E-state index contributed by atoms with van der Waals surface area (Å²) < 4.78 is 33.6. The van der Waals surface area contributed by atoms with Gasteiger partial charge in [0.1, 0.15) is 5.75 Å². The second kappa shape index (κ2) is 11.4. The Kier molecular flexibility index (Phi) is 8.93. The number of carbonyl (C=O) groups is 1. The maximum absolute atomic E-state index is 13.5. The van der Waals surface area contributed by atoms with E-state index >= 15 is 0 Å². The van der Waals surface area contributed by atoms with Crippen LogP contribution in [-0.2, 0) is 14.8 Å². The summed E-state index contributed by atoms with van der Waals surface area (Å²) in [5.41, 5.74) is 0. The van der Waals surface area contributed by atoms with Gasteiger partial charge in [-0.3, -0.25) is 9.69 Å². The summed E-state index contributed by atoms with van der Waals surface area (Å²) >= 11 is 0. The van der Waals surface area contributed by atoms with Gasteiger partial charge in [-0.05, 0) is 51.0 Å². The SMILES string of the molecule is COc1ccc(S(=O)(=O)N(CCC(=O)N2CCNCC2)CCN2[C@H](C)CCC[C@H]2C)cc1. The number of hydrogen-bond donors (Lipinski definition) is 1. The molecule has 1 aromatic rings. The van der Waals surface area contributed by atoms with Gasteiger partial charge in [-0.2, -0.15) is 4.31 Å². The number of methoxy groups -OCH3 is 1. The van der Waals surface area contributed by atoms with E-state index in [0.717, 1.165) is 25.9 Å². The van der Waals surface area contributed by atoms with E-state index in [0.29, 0.717) is 44.0 Å². The lowest BCUT2D eigenvalue weighted by Crippen LogP contribution is -2.49. The predicted octanol–water partition coefficient (Wildman–Crippen LogP) is 1.77. The fourth-order valence-electron chi connectivity index (χ4n) is 4.68. The summed E-state index contributed by atoms with van der Waals surface area (Å²) in [6, 6.07) is 7.34. The fraction of sp³-hybridized carbons (Fsp3) is 0.696. The number of nitrogens with one attached hydrogen (secondary N) is 1. The van der Waals surface area contributed by atoms with Crippen LogP contribution in [0.1, 0.15) is 39.5 Å². The molecule has 32 heavy (non-hydrogen) atoms. The van der Waals surface area contributed by atoms with Crippen LogP contribution in [0.5, 0.6) is 5.75 Å². The largest absolute Gasteiger partial charge is 0.497 e. The number of hydrogen-bond acceptors (Lipinski definition) is 6. The van der Waals surface area contributed by atoms with E-state index in [1.165, 1.54) is 10.7 Å². The molecule has 0 radical (unpaired) electrons. The second-order valence-corrected chi connectivity index (χ2v) is 10.8. The van der Waals surface area contributed by atoms with Gasteiger partial charge in [0.15, 0.2) is 0 Å². The first kappa shape index (κ1) is 25.0. The van der Waals surface area contributed by atoms with Crippen LogP contribution in [-0.4, -0.2) is 93.4 Å². The van der Waals surface area contributed by atoms with E-state index in [2.05, 4.69) is 24.1 Å². The van der Waals surface area contributed by atoms with Gasteiger partial charge in [-0.25, -0.2) is 8.42 Å². The van der Waals surface area contributed by atoms with E-state index in [9.17, 15) is 13.2 Å². The van der Waals surface area contributed by atoms with Crippen LogP contribution in [0.3, 0.4) is 0 Å². The highest BCUT2D eigenvalue weighted by molar-refractivity contribution is 7.89. The zero-order valence-corrected chi connectivity index (χ0v) is 20.4. The summed E-state index contributed by atoms with van der Waals surface area (Å²) in [6.07, 6.45) is 3.68. The van der Waals surface area contributed by atoms with Gasteiger partial charge in [0, 0.05) is 64.3 Å². The number of piperazine rings is 1. The van der Waals surface area contributed by atoms with Crippen molar-refractivity contribution < 1.29 is 17.9 Å². The fourth-order valence-corrected chi connectivity index (χ4v) is 6.12. The maximum Gasteiger partial charge on any atom is 0.243 e. The number of benzene rings is 1. The van der Waals surface area contributed by atoms with E-state index in [-0.39, 0.29) is 23.8 Å². The van der Waals surface area contributed by atoms with Gasteiger partial charge >= 0.3 is 0 Å². The molecule has 3 rings (SSSR count). The minimum absolute atomic E-state index is 0.0149. The molecule has 0 aliphatic carbocycles. The summed E-state index contributed by atoms with van der Waals surface area (Å²) in [6.45, 7) is 8.57. The van der Waals surface area contributed by atoms with E-state index in [4.69, 9.17) is 4.74 Å². The van der Waals surface area contributed by atoms with Crippen molar-refractivity contribution in [1.29, 1.82) is 0 Å². The summed E-state index contributed by atoms with van der Waals surface area (Å²) in [5.74, 6) is 0.626. The molecule has 0 unspecified atom stereocenters. The first-order chi connectivity index (χ1) is 15.3. The molecule has 2 heterocycles. The van der Waals surface area contributed by atoms with Gasteiger partial charge in [-0.15, -0.1) is 0 Å². The molecule has 1 aromatic carbocycles. The van der Waals surface area contributed by atoms with Crippen molar-refractivity contribution in [3.63, 3.8) is 0 Å². The topological polar surface area (TPSA) is 82.2 Å². The highest BCUT2D eigenvalue weighted by Gasteiger charge is 2.30. The van der Waals surface area contributed by atoms with Crippen LogP contribution in [0.15, 0.2) is 29.2 Å². The first-order valence-corrected chi connectivity index (χ1v) is 13.2. The van der Waals surface area contributed by atoms with Gasteiger partial charge in [0.25, 0.3) is 0 Å². The van der Waals surface area contributed by atoms with Crippen LogP contribution in [0, 0.1) is 0 Å². The minimum Gasteiger partial charge on any atom is -0.497 e. The third-order valence-electron chi connectivity index (χ3n) is 6.73. The number of nitrogens with zero attached hydrogens (tertiary/aromatic N) is 3. The number of piperidine rings is 1. The van der Waals surface area contributed by atoms with Gasteiger partial charge in [0.05, 0.1) is 12.0 Å². The number of amides is 1. The second-order valence-electron chi connectivity index (χ2n) is 8.83. The monoisotopic (exact) mass is 466 g/mol. The lowest BCUT2D eigenvalue weighted by atomic mass is 9.98. The average Bonchev–Trinajstić information content (AvgIpc) is 2.80. The number of carbonyl (C=O) groups excluding carboxylic acids is 1. The average molecular weight is 467 g/mol. The number of likely N-dealkylation sites (tertiary alicyclic amines) is 1. The van der Waals surface area contributed by atoms with Crippen LogP contribution < -0.4 is 10.1 Å². The molecule has 8 nitrogen and oxygen atoms in total. The zero-order valence-electron chi connectivity index (χ0n) is 19.6. The van der Waals surface area contributed by atoms with Crippen molar-refractivity contribution in [2.45, 2.75) is 56.5 Å². The molecule has 1 N–H and O–H groups in total. The third kappa shape index (κ3) is 6.21. The normalized spacial score (nSPS) is 22.8. The standard InChI is InChI=1S/C23H38N4O4S/c1-19-5-4-6-20(2)27(19)18-17-26(14-11-23(28)25-15-12-24-13-16-25)32(29,30)22-9-7-21(31-3)8-10-22/h7-10,19-20,24H,4-6,11-18H2,1-3H3/t19-,20-/m1/s1. The first-order valence-electron chi connectivity index (χ1n) is 11.7. The smallest absolute Gasteiger partial charge is 0.243 e. The Labute approximate surface area is 192 Å². The lowest BCUT2D eigenvalue weighted by Gasteiger charge is -2.40. The predicted molar refractivity (Wildman–Crippen MR) is 125 cm³/mol. The Balaban J connectivity index is 1.73. The van der Waals surface area contributed by atoms with E-state index < -0.39 is 10.0 Å². The molecule has 0 aromatic heterocycles. The molecule has 2 saturated heterocycles. The van der Waals surface area contributed by atoms with Gasteiger partial charge < -0.3 is 15.0 Å². The zero-order chi connectivity index (χ0) is 23.1. The van der Waals surface area contributed by atoms with Crippen molar-refractivity contribution in [2.24, 2.45) is 0 Å². The van der Waals surface area contributed by atoms with E-state index in [1.54, 1.807) is 31.4 Å². The van der Waals surface area contributed by atoms with Gasteiger partial charge in [0.2, 0.25) is 15.9 Å². The van der Waals surface area contributed by atoms with Crippen molar-refractivity contribution in [1.82, 2.24) is 19.4 Å². The lowest BCUT2D eigenvalue weighted by molar-refractivity contribution is -0.131. The van der Waals surface area contributed by atoms with Gasteiger partial charge in [-0.1, -0.05) is 6.42 Å². The number of ether oxygens (including phenoxy) is 1. The summed E-state index contributed by atoms with van der Waals surface area (Å²) in [4.78, 5) is 17.2. The van der Waals surface area contributed by atoms with Crippen molar-refractivity contribution in [3.8, 4) is 5.75 Å². The van der Waals surface area contributed by atoms with Crippen LogP contribution in [0.2, 0.25) is 0 Å². The minimum atomic E-state index is -3.72. The molecule has 0 spiro atoms. The highest BCUT2D eigenvalue weighted by atomic mass is 32.2.